The average Bonchev–Trinajstić information content (AvgIpc) is 2.54. The van der Waals surface area contributed by atoms with Crippen LogP contribution in [0.4, 0.5) is 5.69 Å². The fraction of sp³-hybridized carbons (Fsp3) is 0.158. The van der Waals surface area contributed by atoms with Crippen molar-refractivity contribution in [1.82, 2.24) is 10.6 Å². The fourth-order valence-corrected chi connectivity index (χ4v) is 3.15. The molecule has 128 valence electrons. The summed E-state index contributed by atoms with van der Waals surface area (Å²) >= 11 is 5.22. The van der Waals surface area contributed by atoms with E-state index in [0.717, 1.165) is 11.3 Å². The quantitative estimate of drug-likeness (QED) is 0.638. The minimum Gasteiger partial charge on any atom is -0.508 e. The van der Waals surface area contributed by atoms with Crippen molar-refractivity contribution in [2.75, 3.05) is 5.32 Å². The van der Waals surface area contributed by atoms with E-state index in [1.807, 2.05) is 37.3 Å². The van der Waals surface area contributed by atoms with Gasteiger partial charge in [-0.25, -0.2) is 0 Å². The zero-order chi connectivity index (χ0) is 18.0. The number of amides is 1. The number of benzene rings is 2. The van der Waals surface area contributed by atoms with Gasteiger partial charge in [-0.1, -0.05) is 30.3 Å². The molecule has 0 aromatic heterocycles. The number of nitrogens with one attached hydrogen (secondary N) is 3. The lowest BCUT2D eigenvalue weighted by Crippen LogP contribution is -2.45. The molecule has 2 aromatic rings. The number of phenols is 1. The van der Waals surface area contributed by atoms with Gasteiger partial charge in [-0.05, 0) is 49.8 Å². The summed E-state index contributed by atoms with van der Waals surface area (Å²) < 4.78 is 0. The molecule has 1 aliphatic rings. The van der Waals surface area contributed by atoms with E-state index in [9.17, 15) is 9.90 Å². The van der Waals surface area contributed by atoms with Crippen LogP contribution in [0.2, 0.25) is 0 Å². The summed E-state index contributed by atoms with van der Waals surface area (Å²) in [6.07, 6.45) is 0. The van der Waals surface area contributed by atoms with Gasteiger partial charge < -0.3 is 21.1 Å². The molecule has 25 heavy (non-hydrogen) atoms. The Kier molecular flexibility index (Phi) is 4.72. The molecule has 0 aliphatic carbocycles. The Balaban J connectivity index is 1.97. The summed E-state index contributed by atoms with van der Waals surface area (Å²) in [4.78, 5) is 12.9. The smallest absolute Gasteiger partial charge is 0.255 e. The van der Waals surface area contributed by atoms with E-state index < -0.39 is 6.04 Å². The van der Waals surface area contributed by atoms with Crippen molar-refractivity contribution in [3.8, 4) is 5.75 Å². The van der Waals surface area contributed by atoms with Crippen LogP contribution in [0.15, 0.2) is 59.8 Å². The van der Waals surface area contributed by atoms with Gasteiger partial charge in [-0.3, -0.25) is 4.79 Å². The van der Waals surface area contributed by atoms with E-state index in [2.05, 4.69) is 16.0 Å². The molecule has 3 rings (SSSR count). The van der Waals surface area contributed by atoms with Crippen molar-refractivity contribution in [3.05, 3.63) is 70.9 Å². The molecule has 0 radical (unpaired) electrons. The summed E-state index contributed by atoms with van der Waals surface area (Å²) in [7, 11) is 0. The molecule has 1 atom stereocenters. The average molecular weight is 353 g/mol. The standard InChI is InChI=1S/C19H19N3O2S/c1-11-6-5-7-13(10-11)21-18(24)16-12(2)20-19(25)22-17(16)14-8-3-4-9-15(14)23/h3-10,17,23H,1-2H3,(H,21,24)(H2,20,22,25). The highest BCUT2D eigenvalue weighted by atomic mass is 32.1. The van der Waals surface area contributed by atoms with Crippen LogP contribution in [0.5, 0.6) is 5.75 Å². The Labute approximate surface area is 151 Å². The number of carbonyl (C=O) groups is 1. The van der Waals surface area contributed by atoms with Crippen molar-refractivity contribution >= 4 is 28.9 Å². The third-order valence-electron chi connectivity index (χ3n) is 4.04. The van der Waals surface area contributed by atoms with Crippen molar-refractivity contribution in [2.24, 2.45) is 0 Å². The minimum atomic E-state index is -0.528. The number of anilines is 1. The molecule has 0 bridgehead atoms. The number of hydrogen-bond acceptors (Lipinski definition) is 3. The van der Waals surface area contributed by atoms with Crippen molar-refractivity contribution in [3.63, 3.8) is 0 Å². The monoisotopic (exact) mass is 353 g/mol. The van der Waals surface area contributed by atoms with E-state index in [1.54, 1.807) is 25.1 Å². The van der Waals surface area contributed by atoms with Crippen LogP contribution in [-0.2, 0) is 4.79 Å². The third kappa shape index (κ3) is 3.64. The number of carbonyl (C=O) groups excluding carboxylic acids is 1. The molecule has 0 saturated heterocycles. The van der Waals surface area contributed by atoms with Crippen LogP contribution in [0.25, 0.3) is 0 Å². The molecule has 1 aliphatic heterocycles. The molecule has 0 spiro atoms. The van der Waals surface area contributed by atoms with Gasteiger partial charge in [0, 0.05) is 16.9 Å². The zero-order valence-electron chi connectivity index (χ0n) is 14.0. The molecular weight excluding hydrogens is 334 g/mol. The molecule has 2 aromatic carbocycles. The predicted octanol–water partition coefficient (Wildman–Crippen LogP) is 3.13. The lowest BCUT2D eigenvalue weighted by molar-refractivity contribution is -0.113. The first-order valence-corrected chi connectivity index (χ1v) is 8.30. The summed E-state index contributed by atoms with van der Waals surface area (Å²) in [6.45, 7) is 3.76. The Morgan fingerprint density at radius 1 is 1.16 bits per heavy atom. The molecular formula is C19H19N3O2S. The van der Waals surface area contributed by atoms with E-state index >= 15 is 0 Å². The molecule has 4 N–H and O–H groups in total. The number of allylic oxidation sites excluding steroid dienone is 1. The normalized spacial score (nSPS) is 16.9. The highest BCUT2D eigenvalue weighted by Gasteiger charge is 2.31. The topological polar surface area (TPSA) is 73.4 Å². The van der Waals surface area contributed by atoms with Gasteiger partial charge in [0.25, 0.3) is 5.91 Å². The maximum absolute atomic E-state index is 12.9. The predicted molar refractivity (Wildman–Crippen MR) is 102 cm³/mol. The van der Waals surface area contributed by atoms with Gasteiger partial charge in [0.1, 0.15) is 5.75 Å². The fourth-order valence-electron chi connectivity index (χ4n) is 2.88. The van der Waals surface area contributed by atoms with Gasteiger partial charge in [-0.15, -0.1) is 0 Å². The maximum Gasteiger partial charge on any atom is 0.255 e. The Morgan fingerprint density at radius 3 is 2.64 bits per heavy atom. The Bertz CT molecular complexity index is 876. The second-order valence-electron chi connectivity index (χ2n) is 5.95. The first-order valence-electron chi connectivity index (χ1n) is 7.90. The number of aromatic hydroxyl groups is 1. The van der Waals surface area contributed by atoms with Gasteiger partial charge in [0.05, 0.1) is 11.6 Å². The number of rotatable bonds is 3. The lowest BCUT2D eigenvalue weighted by Gasteiger charge is -2.30. The molecule has 0 fully saturated rings. The van der Waals surface area contributed by atoms with E-state index in [-0.39, 0.29) is 11.7 Å². The first-order chi connectivity index (χ1) is 12.0. The summed E-state index contributed by atoms with van der Waals surface area (Å²) in [5.41, 5.74) is 3.51. The number of para-hydroxylation sites is 1. The Morgan fingerprint density at radius 2 is 1.92 bits per heavy atom. The van der Waals surface area contributed by atoms with E-state index in [0.29, 0.717) is 21.9 Å². The van der Waals surface area contributed by atoms with Crippen molar-refractivity contribution < 1.29 is 9.90 Å². The maximum atomic E-state index is 12.9. The second-order valence-corrected chi connectivity index (χ2v) is 6.36. The second kappa shape index (κ2) is 6.94. The number of aryl methyl sites for hydroxylation is 1. The van der Waals surface area contributed by atoms with Crippen LogP contribution in [0.1, 0.15) is 24.1 Å². The number of thiocarbonyl (C=S) groups is 1. The van der Waals surface area contributed by atoms with Crippen LogP contribution in [0.3, 0.4) is 0 Å². The Hall–Kier alpha value is -2.86. The lowest BCUT2D eigenvalue weighted by atomic mass is 9.94. The zero-order valence-corrected chi connectivity index (χ0v) is 14.8. The SMILES string of the molecule is CC1=C(C(=O)Nc2cccc(C)c2)C(c2ccccc2O)NC(=S)N1. The van der Waals surface area contributed by atoms with Crippen LogP contribution < -0.4 is 16.0 Å². The van der Waals surface area contributed by atoms with E-state index in [4.69, 9.17) is 12.2 Å². The summed E-state index contributed by atoms with van der Waals surface area (Å²) in [6, 6.07) is 14.0. The van der Waals surface area contributed by atoms with Crippen LogP contribution in [-0.4, -0.2) is 16.1 Å². The molecule has 1 heterocycles. The molecule has 6 heteroatoms. The minimum absolute atomic E-state index is 0.110. The van der Waals surface area contributed by atoms with Gasteiger partial charge in [0.15, 0.2) is 5.11 Å². The molecule has 1 amide bonds. The highest BCUT2D eigenvalue weighted by Crippen LogP contribution is 2.32. The van der Waals surface area contributed by atoms with Crippen LogP contribution >= 0.6 is 12.2 Å². The third-order valence-corrected chi connectivity index (χ3v) is 4.26. The van der Waals surface area contributed by atoms with Gasteiger partial charge in [-0.2, -0.15) is 0 Å². The highest BCUT2D eigenvalue weighted by molar-refractivity contribution is 7.80. The van der Waals surface area contributed by atoms with Gasteiger partial charge >= 0.3 is 0 Å². The number of phenolic OH excluding ortho intramolecular Hbond substituents is 1. The molecule has 0 saturated carbocycles. The molecule has 1 unspecified atom stereocenters. The van der Waals surface area contributed by atoms with E-state index in [1.165, 1.54) is 0 Å². The largest absolute Gasteiger partial charge is 0.508 e. The van der Waals surface area contributed by atoms with Crippen molar-refractivity contribution in [1.29, 1.82) is 0 Å². The van der Waals surface area contributed by atoms with Crippen molar-refractivity contribution in [2.45, 2.75) is 19.9 Å². The van der Waals surface area contributed by atoms with Crippen LogP contribution in [0, 0.1) is 6.92 Å². The molecule has 5 nitrogen and oxygen atoms in total. The summed E-state index contributed by atoms with van der Waals surface area (Å²) in [5.74, 6) is -0.141. The summed E-state index contributed by atoms with van der Waals surface area (Å²) in [5, 5.41) is 19.6. The number of hydrogen-bond donors (Lipinski definition) is 4. The first kappa shape index (κ1) is 17.0. The van der Waals surface area contributed by atoms with Gasteiger partial charge in [0.2, 0.25) is 0 Å².